The molecule has 3 heteroatoms. The molecule has 24 heavy (non-hydrogen) atoms. The summed E-state index contributed by atoms with van der Waals surface area (Å²) in [7, 11) is 0. The lowest BCUT2D eigenvalue weighted by molar-refractivity contribution is -0.137. The fourth-order valence-corrected chi connectivity index (χ4v) is 2.66. The maximum Gasteiger partial charge on any atom is 0.303 e. The Morgan fingerprint density at radius 2 is 1.92 bits per heavy atom. The van der Waals surface area contributed by atoms with Crippen LogP contribution >= 0.6 is 0 Å². The predicted octanol–water partition coefficient (Wildman–Crippen LogP) is 5.50. The Kier molecular flexibility index (Phi) is 6.86. The van der Waals surface area contributed by atoms with Gasteiger partial charge >= 0.3 is 5.97 Å². The second kappa shape index (κ2) is 9.11. The molecule has 2 rings (SSSR count). The Morgan fingerprint density at radius 1 is 1.17 bits per heavy atom. The van der Waals surface area contributed by atoms with Gasteiger partial charge in [0.05, 0.1) is 6.61 Å². The Labute approximate surface area is 144 Å². The highest BCUT2D eigenvalue weighted by Crippen LogP contribution is 2.34. The molecule has 0 aliphatic carbocycles. The van der Waals surface area contributed by atoms with Gasteiger partial charge in [-0.3, -0.25) is 4.79 Å². The fraction of sp³-hybridized carbons (Fsp3) is 0.381. The largest absolute Gasteiger partial charge is 0.493 e. The van der Waals surface area contributed by atoms with Gasteiger partial charge in [-0.1, -0.05) is 56.7 Å². The molecule has 2 aromatic rings. The average molecular weight is 326 g/mol. The van der Waals surface area contributed by atoms with Crippen LogP contribution in [0, 0.1) is 0 Å². The zero-order valence-electron chi connectivity index (χ0n) is 14.5. The summed E-state index contributed by atoms with van der Waals surface area (Å²) in [6.07, 6.45) is 2.96. The number of carbonyl (C=O) groups is 1. The minimum absolute atomic E-state index is 0.191. The van der Waals surface area contributed by atoms with Crippen LogP contribution in [0.4, 0.5) is 0 Å². The number of hydrogen-bond donors (Lipinski definition) is 1. The van der Waals surface area contributed by atoms with E-state index in [1.807, 2.05) is 24.3 Å². The molecule has 0 aliphatic rings. The molecule has 0 aliphatic heterocycles. The highest BCUT2D eigenvalue weighted by atomic mass is 16.5. The van der Waals surface area contributed by atoms with Crippen LogP contribution < -0.4 is 4.74 Å². The molecule has 128 valence electrons. The number of hydrogen-bond acceptors (Lipinski definition) is 2. The summed E-state index contributed by atoms with van der Waals surface area (Å²) in [5.41, 5.74) is 3.35. The molecule has 0 amide bonds. The molecule has 0 spiro atoms. The van der Waals surface area contributed by atoms with E-state index in [2.05, 4.69) is 38.1 Å². The molecule has 0 fully saturated rings. The number of carboxylic acids is 1. The lowest BCUT2D eigenvalue weighted by Crippen LogP contribution is -2.02. The lowest BCUT2D eigenvalue weighted by Gasteiger charge is -2.16. The van der Waals surface area contributed by atoms with E-state index >= 15 is 0 Å². The highest BCUT2D eigenvalue weighted by Gasteiger charge is 2.13. The van der Waals surface area contributed by atoms with Crippen molar-refractivity contribution < 1.29 is 14.6 Å². The van der Waals surface area contributed by atoms with Gasteiger partial charge in [0.25, 0.3) is 0 Å². The molecule has 0 heterocycles. The Bertz CT molecular complexity index is 649. The maximum atomic E-state index is 10.8. The molecular weight excluding hydrogens is 300 g/mol. The van der Waals surface area contributed by atoms with Gasteiger partial charge in [0.2, 0.25) is 0 Å². The summed E-state index contributed by atoms with van der Waals surface area (Å²) in [6, 6.07) is 16.4. The van der Waals surface area contributed by atoms with E-state index in [1.165, 1.54) is 0 Å². The number of rotatable bonds is 9. The molecule has 0 aromatic heterocycles. The summed E-state index contributed by atoms with van der Waals surface area (Å²) < 4.78 is 5.97. The van der Waals surface area contributed by atoms with Crippen molar-refractivity contribution in [3.05, 3.63) is 54.1 Å². The normalized spacial score (nSPS) is 11.9. The zero-order valence-corrected chi connectivity index (χ0v) is 14.5. The van der Waals surface area contributed by atoms with Gasteiger partial charge in [0.1, 0.15) is 5.75 Å². The first-order valence-corrected chi connectivity index (χ1v) is 8.65. The van der Waals surface area contributed by atoms with Crippen LogP contribution in [0.3, 0.4) is 0 Å². The SMILES string of the molecule is CCCCOc1ccc(C(C)CCC(=O)O)cc1-c1ccccc1. The Balaban J connectivity index is 2.27. The van der Waals surface area contributed by atoms with Crippen molar-refractivity contribution in [1.82, 2.24) is 0 Å². The number of aliphatic carboxylic acids is 1. The van der Waals surface area contributed by atoms with Crippen LogP contribution in [0.15, 0.2) is 48.5 Å². The van der Waals surface area contributed by atoms with E-state index in [9.17, 15) is 4.79 Å². The van der Waals surface area contributed by atoms with Crippen LogP contribution in [0.1, 0.15) is 51.0 Å². The summed E-state index contributed by atoms with van der Waals surface area (Å²) in [5.74, 6) is 0.349. The number of benzene rings is 2. The van der Waals surface area contributed by atoms with Crippen molar-refractivity contribution >= 4 is 5.97 Å². The van der Waals surface area contributed by atoms with Crippen LogP contribution in [0.5, 0.6) is 5.75 Å². The molecule has 0 radical (unpaired) electrons. The first-order valence-electron chi connectivity index (χ1n) is 8.65. The number of carboxylic acid groups (broad SMARTS) is 1. The van der Waals surface area contributed by atoms with Gasteiger partial charge in [0, 0.05) is 12.0 Å². The summed E-state index contributed by atoms with van der Waals surface area (Å²) in [5, 5.41) is 8.89. The van der Waals surface area contributed by atoms with Crippen molar-refractivity contribution in [2.45, 2.75) is 45.4 Å². The van der Waals surface area contributed by atoms with Gasteiger partial charge < -0.3 is 9.84 Å². The topological polar surface area (TPSA) is 46.5 Å². The number of ether oxygens (including phenoxy) is 1. The van der Waals surface area contributed by atoms with Gasteiger partial charge in [-0.15, -0.1) is 0 Å². The second-order valence-electron chi connectivity index (χ2n) is 6.16. The summed E-state index contributed by atoms with van der Waals surface area (Å²) in [6.45, 7) is 4.93. The van der Waals surface area contributed by atoms with Crippen molar-refractivity contribution in [3.8, 4) is 16.9 Å². The minimum atomic E-state index is -0.746. The maximum absolute atomic E-state index is 10.8. The first-order chi connectivity index (χ1) is 11.6. The molecule has 0 bridgehead atoms. The van der Waals surface area contributed by atoms with Crippen LogP contribution in [-0.2, 0) is 4.79 Å². The van der Waals surface area contributed by atoms with Gasteiger partial charge in [-0.25, -0.2) is 0 Å². The minimum Gasteiger partial charge on any atom is -0.493 e. The van der Waals surface area contributed by atoms with Crippen molar-refractivity contribution in [1.29, 1.82) is 0 Å². The molecular formula is C21H26O3. The van der Waals surface area contributed by atoms with Gasteiger partial charge in [0.15, 0.2) is 0 Å². The first kappa shape index (κ1) is 18.1. The zero-order chi connectivity index (χ0) is 17.4. The van der Waals surface area contributed by atoms with Crippen molar-refractivity contribution in [3.63, 3.8) is 0 Å². The number of unbranched alkanes of at least 4 members (excludes halogenated alkanes) is 1. The third kappa shape index (κ3) is 5.12. The van der Waals surface area contributed by atoms with E-state index in [4.69, 9.17) is 9.84 Å². The molecule has 1 unspecified atom stereocenters. The third-order valence-corrected chi connectivity index (χ3v) is 4.20. The summed E-state index contributed by atoms with van der Waals surface area (Å²) in [4.78, 5) is 10.8. The second-order valence-corrected chi connectivity index (χ2v) is 6.16. The van der Waals surface area contributed by atoms with E-state index < -0.39 is 5.97 Å². The van der Waals surface area contributed by atoms with Crippen molar-refractivity contribution in [2.24, 2.45) is 0 Å². The third-order valence-electron chi connectivity index (χ3n) is 4.20. The monoisotopic (exact) mass is 326 g/mol. The molecule has 0 saturated carbocycles. The van der Waals surface area contributed by atoms with E-state index in [0.29, 0.717) is 13.0 Å². The Morgan fingerprint density at radius 3 is 2.58 bits per heavy atom. The molecule has 2 aromatic carbocycles. The molecule has 1 N–H and O–H groups in total. The van der Waals surface area contributed by atoms with Gasteiger partial charge in [-0.2, -0.15) is 0 Å². The molecule has 1 atom stereocenters. The molecule has 3 nitrogen and oxygen atoms in total. The smallest absolute Gasteiger partial charge is 0.303 e. The van der Waals surface area contributed by atoms with E-state index in [0.717, 1.165) is 35.3 Å². The highest BCUT2D eigenvalue weighted by molar-refractivity contribution is 5.71. The van der Waals surface area contributed by atoms with E-state index in [-0.39, 0.29) is 12.3 Å². The Hall–Kier alpha value is -2.29. The standard InChI is InChI=1S/C21H26O3/c1-3-4-14-24-20-12-11-18(16(2)10-13-21(22)23)15-19(20)17-8-6-5-7-9-17/h5-9,11-12,15-16H,3-4,10,13-14H2,1-2H3,(H,22,23). The quantitative estimate of drug-likeness (QED) is 0.619. The van der Waals surface area contributed by atoms with Crippen molar-refractivity contribution in [2.75, 3.05) is 6.61 Å². The van der Waals surface area contributed by atoms with Crippen LogP contribution in [0.25, 0.3) is 11.1 Å². The summed E-state index contributed by atoms with van der Waals surface area (Å²) >= 11 is 0. The van der Waals surface area contributed by atoms with Gasteiger partial charge in [-0.05, 0) is 42.0 Å². The van der Waals surface area contributed by atoms with Crippen LogP contribution in [0.2, 0.25) is 0 Å². The fourth-order valence-electron chi connectivity index (χ4n) is 2.66. The average Bonchev–Trinajstić information content (AvgIpc) is 2.60. The molecule has 0 saturated heterocycles. The van der Waals surface area contributed by atoms with Crippen LogP contribution in [-0.4, -0.2) is 17.7 Å². The predicted molar refractivity (Wildman–Crippen MR) is 97.6 cm³/mol. The lowest BCUT2D eigenvalue weighted by atomic mass is 9.92. The van der Waals surface area contributed by atoms with E-state index in [1.54, 1.807) is 0 Å².